The molecule has 2 N–H and O–H groups in total. The predicted octanol–water partition coefficient (Wildman–Crippen LogP) is 1.71. The van der Waals surface area contributed by atoms with E-state index in [1.165, 1.54) is 4.88 Å². The maximum Gasteiger partial charge on any atom is 0.317 e. The molecule has 1 unspecified atom stereocenters. The number of carbonyl (C=O) groups excluding carboxylic acids is 1. The molecule has 1 aliphatic heterocycles. The molecule has 0 bridgehead atoms. The van der Waals surface area contributed by atoms with E-state index in [2.05, 4.69) is 17.2 Å². The number of rotatable bonds is 5. The summed E-state index contributed by atoms with van der Waals surface area (Å²) in [6.45, 7) is 3.66. The number of urea groups is 1. The second-order valence-corrected chi connectivity index (χ2v) is 6.13. The Labute approximate surface area is 121 Å². The van der Waals surface area contributed by atoms with E-state index < -0.39 is 5.97 Å². The van der Waals surface area contributed by atoms with Crippen LogP contribution in [-0.2, 0) is 17.8 Å². The number of nitrogens with one attached hydrogen (secondary N) is 1. The van der Waals surface area contributed by atoms with Gasteiger partial charge in [0, 0.05) is 30.6 Å². The van der Waals surface area contributed by atoms with Crippen LogP contribution in [0.15, 0.2) is 6.20 Å². The zero-order valence-corrected chi connectivity index (χ0v) is 12.3. The van der Waals surface area contributed by atoms with Crippen molar-refractivity contribution in [2.75, 3.05) is 13.1 Å². The highest BCUT2D eigenvalue weighted by atomic mass is 32.1. The lowest BCUT2D eigenvalue weighted by atomic mass is 10.1. The van der Waals surface area contributed by atoms with Gasteiger partial charge in [0.25, 0.3) is 0 Å². The molecule has 7 heteroatoms. The van der Waals surface area contributed by atoms with Crippen molar-refractivity contribution in [1.29, 1.82) is 0 Å². The number of aryl methyl sites for hydroxylation is 1. The van der Waals surface area contributed by atoms with E-state index in [4.69, 9.17) is 5.11 Å². The number of nitrogens with zero attached hydrogens (tertiary/aromatic N) is 2. The average molecular weight is 297 g/mol. The second kappa shape index (κ2) is 6.69. The van der Waals surface area contributed by atoms with Crippen molar-refractivity contribution >= 4 is 23.3 Å². The van der Waals surface area contributed by atoms with Crippen LogP contribution in [0, 0.1) is 5.92 Å². The Bertz CT molecular complexity index is 489. The Morgan fingerprint density at radius 3 is 3.05 bits per heavy atom. The van der Waals surface area contributed by atoms with Gasteiger partial charge in [-0.1, -0.05) is 6.92 Å². The van der Waals surface area contributed by atoms with Crippen molar-refractivity contribution in [1.82, 2.24) is 15.2 Å². The Morgan fingerprint density at radius 1 is 1.60 bits per heavy atom. The van der Waals surface area contributed by atoms with Crippen molar-refractivity contribution in [2.45, 2.75) is 32.7 Å². The molecule has 20 heavy (non-hydrogen) atoms. The van der Waals surface area contributed by atoms with Gasteiger partial charge < -0.3 is 15.3 Å². The fraction of sp³-hybridized carbons (Fsp3) is 0.615. The molecular weight excluding hydrogens is 278 g/mol. The molecule has 2 rings (SSSR count). The third-order valence-corrected chi connectivity index (χ3v) is 4.52. The summed E-state index contributed by atoms with van der Waals surface area (Å²) in [6, 6.07) is -0.133. The molecule has 1 aliphatic rings. The van der Waals surface area contributed by atoms with E-state index in [0.29, 0.717) is 19.6 Å². The zero-order chi connectivity index (χ0) is 14.5. The number of carboxylic acid groups (broad SMARTS) is 1. The van der Waals surface area contributed by atoms with Crippen LogP contribution in [0.5, 0.6) is 0 Å². The average Bonchev–Trinajstić information content (AvgIpc) is 3.04. The number of carboxylic acids is 1. The maximum atomic E-state index is 12.0. The van der Waals surface area contributed by atoms with E-state index in [0.717, 1.165) is 17.8 Å². The van der Waals surface area contributed by atoms with Crippen LogP contribution in [0.1, 0.15) is 29.7 Å². The smallest absolute Gasteiger partial charge is 0.317 e. The molecule has 0 spiro atoms. The van der Waals surface area contributed by atoms with Crippen molar-refractivity contribution in [2.24, 2.45) is 5.92 Å². The summed E-state index contributed by atoms with van der Waals surface area (Å²) in [7, 11) is 0. The molecule has 6 nitrogen and oxygen atoms in total. The summed E-state index contributed by atoms with van der Waals surface area (Å²) >= 11 is 1.60. The van der Waals surface area contributed by atoms with Crippen LogP contribution >= 0.6 is 11.3 Å². The van der Waals surface area contributed by atoms with Crippen LogP contribution in [0.2, 0.25) is 0 Å². The van der Waals surface area contributed by atoms with E-state index in [1.54, 1.807) is 16.2 Å². The summed E-state index contributed by atoms with van der Waals surface area (Å²) in [4.78, 5) is 29.8. The number of carbonyl (C=O) groups is 2. The van der Waals surface area contributed by atoms with Gasteiger partial charge in [-0.05, 0) is 18.8 Å². The molecule has 2 heterocycles. The van der Waals surface area contributed by atoms with E-state index in [9.17, 15) is 9.59 Å². The van der Waals surface area contributed by atoms with Crippen LogP contribution in [0.4, 0.5) is 4.79 Å². The molecule has 0 saturated carbocycles. The minimum absolute atomic E-state index is 0.0739. The molecular formula is C13H19N3O3S. The number of amides is 2. The fourth-order valence-corrected chi connectivity index (χ4v) is 3.09. The first-order valence-electron chi connectivity index (χ1n) is 6.76. The van der Waals surface area contributed by atoms with Gasteiger partial charge in [-0.3, -0.25) is 4.79 Å². The number of aromatic nitrogens is 1. The normalized spacial score (nSPS) is 18.2. The number of hydrogen-bond donors (Lipinski definition) is 2. The number of hydrogen-bond acceptors (Lipinski definition) is 4. The maximum absolute atomic E-state index is 12.0. The van der Waals surface area contributed by atoms with Gasteiger partial charge in [0.1, 0.15) is 5.01 Å². The number of aliphatic carboxylic acids is 1. The van der Waals surface area contributed by atoms with Crippen molar-refractivity contribution in [3.63, 3.8) is 0 Å². The van der Waals surface area contributed by atoms with Crippen LogP contribution in [0.3, 0.4) is 0 Å². The molecule has 2 amide bonds. The fourth-order valence-electron chi connectivity index (χ4n) is 2.29. The highest BCUT2D eigenvalue weighted by Gasteiger charge is 2.27. The van der Waals surface area contributed by atoms with Crippen molar-refractivity contribution in [3.8, 4) is 0 Å². The minimum Gasteiger partial charge on any atom is -0.481 e. The van der Waals surface area contributed by atoms with Gasteiger partial charge in [0.05, 0.1) is 6.54 Å². The molecule has 1 saturated heterocycles. The van der Waals surface area contributed by atoms with Gasteiger partial charge in [0.2, 0.25) is 0 Å². The summed E-state index contributed by atoms with van der Waals surface area (Å²) in [5, 5.41) is 12.5. The lowest BCUT2D eigenvalue weighted by Crippen LogP contribution is -2.38. The molecule has 1 aromatic rings. The largest absolute Gasteiger partial charge is 0.481 e. The van der Waals surface area contributed by atoms with Gasteiger partial charge >= 0.3 is 12.0 Å². The Hall–Kier alpha value is -1.63. The summed E-state index contributed by atoms with van der Waals surface area (Å²) in [6.07, 6.45) is 3.69. The monoisotopic (exact) mass is 297 g/mol. The third kappa shape index (κ3) is 3.93. The third-order valence-electron chi connectivity index (χ3n) is 3.38. The molecule has 110 valence electrons. The SMILES string of the molecule is CCc1cnc(CNC(=O)N2CCC(CC(=O)O)C2)s1. The van der Waals surface area contributed by atoms with Crippen molar-refractivity contribution in [3.05, 3.63) is 16.1 Å². The molecule has 1 fully saturated rings. The first-order chi connectivity index (χ1) is 9.58. The number of thiazole rings is 1. The topological polar surface area (TPSA) is 82.5 Å². The van der Waals surface area contributed by atoms with E-state index in [-0.39, 0.29) is 18.4 Å². The first-order valence-corrected chi connectivity index (χ1v) is 7.58. The van der Waals surface area contributed by atoms with Crippen molar-refractivity contribution < 1.29 is 14.7 Å². The summed E-state index contributed by atoms with van der Waals surface area (Å²) in [5.74, 6) is -0.725. The predicted molar refractivity (Wildman–Crippen MR) is 75.7 cm³/mol. The van der Waals surface area contributed by atoms with E-state index >= 15 is 0 Å². The standard InChI is InChI=1S/C13H19N3O3S/c1-2-10-6-14-11(20-10)7-15-13(19)16-4-3-9(8-16)5-12(17)18/h6,9H,2-5,7-8H2,1H3,(H,15,19)(H,17,18). The van der Waals surface area contributed by atoms with Crippen LogP contribution in [-0.4, -0.2) is 40.1 Å². The Balaban J connectivity index is 1.76. The molecule has 0 aromatic carbocycles. The van der Waals surface area contributed by atoms with Gasteiger partial charge in [-0.15, -0.1) is 11.3 Å². The lowest BCUT2D eigenvalue weighted by molar-refractivity contribution is -0.138. The zero-order valence-electron chi connectivity index (χ0n) is 11.5. The van der Waals surface area contributed by atoms with Gasteiger partial charge in [0.15, 0.2) is 0 Å². The first kappa shape index (κ1) is 14.8. The lowest BCUT2D eigenvalue weighted by Gasteiger charge is -2.16. The highest BCUT2D eigenvalue weighted by Crippen LogP contribution is 2.19. The minimum atomic E-state index is -0.799. The quantitative estimate of drug-likeness (QED) is 0.867. The van der Waals surface area contributed by atoms with Gasteiger partial charge in [-0.25, -0.2) is 9.78 Å². The summed E-state index contributed by atoms with van der Waals surface area (Å²) < 4.78 is 0. The van der Waals surface area contributed by atoms with Gasteiger partial charge in [-0.2, -0.15) is 0 Å². The Morgan fingerprint density at radius 2 is 2.40 bits per heavy atom. The van der Waals surface area contributed by atoms with Crippen LogP contribution < -0.4 is 5.32 Å². The molecule has 0 radical (unpaired) electrons. The second-order valence-electron chi connectivity index (χ2n) is 4.93. The van der Waals surface area contributed by atoms with Crippen LogP contribution in [0.25, 0.3) is 0 Å². The Kier molecular flexibility index (Phi) is 4.94. The molecule has 1 atom stereocenters. The summed E-state index contributed by atoms with van der Waals surface area (Å²) in [5.41, 5.74) is 0. The molecule has 1 aromatic heterocycles. The highest BCUT2D eigenvalue weighted by molar-refractivity contribution is 7.11. The number of likely N-dealkylation sites (tertiary alicyclic amines) is 1. The van der Waals surface area contributed by atoms with E-state index in [1.807, 2.05) is 6.20 Å². The molecule has 0 aliphatic carbocycles.